The summed E-state index contributed by atoms with van der Waals surface area (Å²) in [6.45, 7) is -0.247. The number of nitrogens with one attached hydrogen (secondary N) is 1. The third kappa shape index (κ3) is 2.18. The second-order valence-electron chi connectivity index (χ2n) is 3.90. The van der Waals surface area contributed by atoms with E-state index in [1.54, 1.807) is 6.07 Å². The number of rotatable bonds is 2. The van der Waals surface area contributed by atoms with E-state index in [9.17, 15) is 18.0 Å². The molecule has 1 aliphatic heterocycles. The first-order valence-corrected chi connectivity index (χ1v) is 5.24. The number of nitriles is 1. The van der Waals surface area contributed by atoms with Crippen molar-refractivity contribution in [2.75, 3.05) is 6.54 Å². The molecular formula is C11H8F3N3O2. The third-order valence-electron chi connectivity index (χ3n) is 2.72. The Labute approximate surface area is 106 Å². The van der Waals surface area contributed by atoms with Crippen LogP contribution < -0.4 is 5.32 Å². The molecule has 2 rings (SSSR count). The van der Waals surface area contributed by atoms with Gasteiger partial charge in [-0.15, -0.1) is 0 Å². The molecule has 0 saturated carbocycles. The number of nitrogens with zero attached hydrogens (tertiary/aromatic N) is 2. The van der Waals surface area contributed by atoms with Gasteiger partial charge in [0.05, 0.1) is 0 Å². The predicted octanol–water partition coefficient (Wildman–Crippen LogP) is 0.856. The molecule has 0 bridgehead atoms. The summed E-state index contributed by atoms with van der Waals surface area (Å²) in [5.41, 5.74) is -3.08. The van der Waals surface area contributed by atoms with Gasteiger partial charge in [0, 0.05) is 18.3 Å². The van der Waals surface area contributed by atoms with Crippen LogP contribution in [-0.2, 0) is 15.3 Å². The van der Waals surface area contributed by atoms with Crippen LogP contribution in [0.1, 0.15) is 11.3 Å². The smallest absolute Gasteiger partial charge is 0.336 e. The van der Waals surface area contributed by atoms with Crippen LogP contribution in [0.4, 0.5) is 13.2 Å². The first-order valence-electron chi connectivity index (χ1n) is 5.24. The van der Waals surface area contributed by atoms with Crippen molar-refractivity contribution < 1.29 is 22.7 Å². The lowest BCUT2D eigenvalue weighted by molar-refractivity contribution is -0.283. The minimum atomic E-state index is -4.76. The largest absolute Gasteiger partial charge is 0.435 e. The van der Waals surface area contributed by atoms with Crippen LogP contribution in [0.25, 0.3) is 0 Å². The highest BCUT2D eigenvalue weighted by Crippen LogP contribution is 2.42. The van der Waals surface area contributed by atoms with Gasteiger partial charge in [-0.1, -0.05) is 0 Å². The molecule has 0 aliphatic carbocycles. The lowest BCUT2D eigenvalue weighted by Gasteiger charge is -2.31. The van der Waals surface area contributed by atoms with E-state index in [1.165, 1.54) is 0 Å². The number of pyridine rings is 1. The Kier molecular flexibility index (Phi) is 3.26. The van der Waals surface area contributed by atoms with Gasteiger partial charge in [0.15, 0.2) is 0 Å². The zero-order chi connectivity index (χ0) is 14.1. The Hall–Kier alpha value is -1.98. The molecule has 1 aromatic rings. The predicted molar refractivity (Wildman–Crippen MR) is 55.6 cm³/mol. The Morgan fingerprint density at radius 1 is 1.58 bits per heavy atom. The fourth-order valence-corrected chi connectivity index (χ4v) is 1.80. The molecule has 1 saturated heterocycles. The second-order valence-corrected chi connectivity index (χ2v) is 3.90. The molecule has 1 N–H and O–H groups in total. The van der Waals surface area contributed by atoms with Gasteiger partial charge in [0.1, 0.15) is 24.2 Å². The quantitative estimate of drug-likeness (QED) is 0.807. The van der Waals surface area contributed by atoms with Crippen molar-refractivity contribution in [3.63, 3.8) is 0 Å². The standard InChI is InChI=1S/C11H8F3N3O2/c12-11(13,14)10(17-5-9(6-18)19-10)7-1-2-8(3-15)16-4-7/h1-2,4,6,9,17H,5H2. The number of aromatic nitrogens is 1. The zero-order valence-electron chi connectivity index (χ0n) is 9.44. The van der Waals surface area contributed by atoms with Crippen molar-refractivity contribution >= 4 is 6.29 Å². The van der Waals surface area contributed by atoms with Gasteiger partial charge in [-0.2, -0.15) is 18.4 Å². The molecule has 5 nitrogen and oxygen atoms in total. The Morgan fingerprint density at radius 3 is 2.74 bits per heavy atom. The maximum Gasteiger partial charge on any atom is 0.435 e. The zero-order valence-corrected chi connectivity index (χ0v) is 9.44. The molecule has 8 heteroatoms. The molecule has 1 aliphatic rings. The van der Waals surface area contributed by atoms with Crippen molar-refractivity contribution in [3.05, 3.63) is 29.6 Å². The summed E-state index contributed by atoms with van der Waals surface area (Å²) < 4.78 is 44.4. The number of halogens is 3. The fraction of sp³-hybridized carbons (Fsp3) is 0.364. The molecule has 1 fully saturated rings. The van der Waals surface area contributed by atoms with E-state index in [0.29, 0.717) is 6.29 Å². The second kappa shape index (κ2) is 4.60. The van der Waals surface area contributed by atoms with E-state index in [0.717, 1.165) is 18.3 Å². The van der Waals surface area contributed by atoms with Gasteiger partial charge >= 0.3 is 6.18 Å². The molecule has 2 unspecified atom stereocenters. The Balaban J connectivity index is 2.44. The van der Waals surface area contributed by atoms with Gasteiger partial charge in [0.25, 0.3) is 0 Å². The highest BCUT2D eigenvalue weighted by molar-refractivity contribution is 5.57. The summed E-state index contributed by atoms with van der Waals surface area (Å²) in [4.78, 5) is 14.1. The molecule has 2 atom stereocenters. The lowest BCUT2D eigenvalue weighted by Crippen LogP contribution is -2.51. The summed E-state index contributed by atoms with van der Waals surface area (Å²) in [7, 11) is 0. The third-order valence-corrected chi connectivity index (χ3v) is 2.72. The lowest BCUT2D eigenvalue weighted by atomic mass is 10.0. The number of hydrogen-bond acceptors (Lipinski definition) is 5. The fourth-order valence-electron chi connectivity index (χ4n) is 1.80. The van der Waals surface area contributed by atoms with Gasteiger partial charge < -0.3 is 9.53 Å². The Morgan fingerprint density at radius 2 is 2.32 bits per heavy atom. The van der Waals surface area contributed by atoms with Crippen LogP contribution >= 0.6 is 0 Å². The molecule has 0 radical (unpaired) electrons. The highest BCUT2D eigenvalue weighted by Gasteiger charge is 2.61. The maximum atomic E-state index is 13.2. The summed E-state index contributed by atoms with van der Waals surface area (Å²) in [5.74, 6) is 0. The monoisotopic (exact) mass is 271 g/mol. The number of ether oxygens (including phenoxy) is 1. The molecule has 0 spiro atoms. The van der Waals surface area contributed by atoms with Crippen molar-refractivity contribution in [1.29, 1.82) is 5.26 Å². The van der Waals surface area contributed by atoms with Crippen LogP contribution in [0.3, 0.4) is 0 Å². The van der Waals surface area contributed by atoms with Gasteiger partial charge in [-0.3, -0.25) is 5.32 Å². The van der Waals surface area contributed by atoms with Gasteiger partial charge in [-0.05, 0) is 12.1 Å². The van der Waals surface area contributed by atoms with Crippen molar-refractivity contribution in [3.8, 4) is 6.07 Å². The van der Waals surface area contributed by atoms with E-state index in [1.807, 2.05) is 0 Å². The van der Waals surface area contributed by atoms with Crippen LogP contribution in [0.2, 0.25) is 0 Å². The summed E-state index contributed by atoms with van der Waals surface area (Å²) in [6.07, 6.45) is -4.73. The number of carbonyl (C=O) groups is 1. The topological polar surface area (TPSA) is 75.0 Å². The number of hydrogen-bond donors (Lipinski definition) is 1. The van der Waals surface area contributed by atoms with E-state index in [2.05, 4.69) is 10.3 Å². The molecule has 0 aromatic carbocycles. The van der Waals surface area contributed by atoms with Crippen LogP contribution in [0, 0.1) is 11.3 Å². The Bertz CT molecular complexity index is 523. The van der Waals surface area contributed by atoms with Crippen molar-refractivity contribution in [2.24, 2.45) is 0 Å². The average Bonchev–Trinajstić information content (AvgIpc) is 2.84. The first-order chi connectivity index (χ1) is 8.93. The number of carbonyl (C=O) groups excluding carboxylic acids is 1. The minimum Gasteiger partial charge on any atom is -0.336 e. The number of alkyl halides is 3. The molecule has 19 heavy (non-hydrogen) atoms. The summed E-state index contributed by atoms with van der Waals surface area (Å²) in [6, 6.07) is 3.96. The molecule has 100 valence electrons. The first kappa shape index (κ1) is 13.5. The minimum absolute atomic E-state index is 0.00833. The highest BCUT2D eigenvalue weighted by atomic mass is 19.4. The normalized spacial score (nSPS) is 26.9. The average molecular weight is 271 g/mol. The number of aldehydes is 1. The molecular weight excluding hydrogens is 263 g/mol. The molecule has 1 aromatic heterocycles. The van der Waals surface area contributed by atoms with Crippen LogP contribution in [0.15, 0.2) is 18.3 Å². The van der Waals surface area contributed by atoms with E-state index in [-0.39, 0.29) is 17.8 Å². The SMILES string of the molecule is N#Cc1ccc(C2(C(F)(F)F)NCC(C=O)O2)cn1. The van der Waals surface area contributed by atoms with E-state index in [4.69, 9.17) is 10.00 Å². The van der Waals surface area contributed by atoms with Crippen LogP contribution in [0.5, 0.6) is 0 Å². The maximum absolute atomic E-state index is 13.2. The summed E-state index contributed by atoms with van der Waals surface area (Å²) >= 11 is 0. The molecule has 0 amide bonds. The van der Waals surface area contributed by atoms with Crippen LogP contribution in [-0.4, -0.2) is 30.1 Å². The van der Waals surface area contributed by atoms with Gasteiger partial charge in [-0.25, -0.2) is 4.98 Å². The van der Waals surface area contributed by atoms with E-state index >= 15 is 0 Å². The molecule has 2 heterocycles. The van der Waals surface area contributed by atoms with Gasteiger partial charge in [0.2, 0.25) is 5.72 Å². The van der Waals surface area contributed by atoms with E-state index < -0.39 is 18.0 Å². The summed E-state index contributed by atoms with van der Waals surface area (Å²) in [5, 5.41) is 10.7. The van der Waals surface area contributed by atoms with Crippen molar-refractivity contribution in [1.82, 2.24) is 10.3 Å². The van der Waals surface area contributed by atoms with Crippen molar-refractivity contribution in [2.45, 2.75) is 18.0 Å².